The first-order chi connectivity index (χ1) is 11.0. The van der Waals surface area contributed by atoms with Crippen LogP contribution < -0.4 is 0 Å². The Morgan fingerprint density at radius 1 is 1.30 bits per heavy atom. The van der Waals surface area contributed by atoms with Crippen molar-refractivity contribution in [1.29, 1.82) is 5.26 Å². The van der Waals surface area contributed by atoms with Crippen LogP contribution in [0.3, 0.4) is 0 Å². The molecule has 0 saturated carbocycles. The van der Waals surface area contributed by atoms with Gasteiger partial charge in [0.2, 0.25) is 0 Å². The summed E-state index contributed by atoms with van der Waals surface area (Å²) in [6.07, 6.45) is 0. The van der Waals surface area contributed by atoms with Crippen LogP contribution in [0.5, 0.6) is 0 Å². The lowest BCUT2D eigenvalue weighted by Gasteiger charge is -2.05. The summed E-state index contributed by atoms with van der Waals surface area (Å²) in [7, 11) is 0. The molecule has 0 fully saturated rings. The molecule has 2 aromatic carbocycles. The minimum atomic E-state index is -0.538. The van der Waals surface area contributed by atoms with E-state index in [0.717, 1.165) is 4.90 Å². The summed E-state index contributed by atoms with van der Waals surface area (Å²) in [6.45, 7) is 2.05. The van der Waals surface area contributed by atoms with E-state index in [2.05, 4.69) is 0 Å². The van der Waals surface area contributed by atoms with E-state index >= 15 is 0 Å². The van der Waals surface area contributed by atoms with Gasteiger partial charge < -0.3 is 4.74 Å². The molecule has 0 N–H and O–H groups in total. The van der Waals surface area contributed by atoms with E-state index in [1.54, 1.807) is 37.3 Å². The van der Waals surface area contributed by atoms with Gasteiger partial charge in [-0.1, -0.05) is 11.8 Å². The molecule has 0 saturated heterocycles. The molecule has 6 nitrogen and oxygen atoms in total. The van der Waals surface area contributed by atoms with Gasteiger partial charge in [0.1, 0.15) is 6.07 Å². The SMILES string of the molecule is CCOC(=O)c1ccc(Sc2ccc([N+](=O)[O-])cc2C#N)cc1. The summed E-state index contributed by atoms with van der Waals surface area (Å²) < 4.78 is 4.91. The molecule has 0 bridgehead atoms. The first-order valence-electron chi connectivity index (χ1n) is 6.68. The van der Waals surface area contributed by atoms with E-state index < -0.39 is 10.9 Å². The number of nitro benzene ring substituents is 1. The van der Waals surface area contributed by atoms with Crippen molar-refractivity contribution >= 4 is 23.4 Å². The Kier molecular flexibility index (Phi) is 5.33. The maximum absolute atomic E-state index is 11.6. The van der Waals surface area contributed by atoms with Crippen molar-refractivity contribution in [2.75, 3.05) is 6.61 Å². The molecule has 0 unspecified atom stereocenters. The van der Waals surface area contributed by atoms with Gasteiger partial charge in [-0.15, -0.1) is 0 Å². The smallest absolute Gasteiger partial charge is 0.338 e. The summed E-state index contributed by atoms with van der Waals surface area (Å²) in [5.41, 5.74) is 0.558. The predicted molar refractivity (Wildman–Crippen MR) is 84.3 cm³/mol. The highest BCUT2D eigenvalue weighted by molar-refractivity contribution is 7.99. The standard InChI is InChI=1S/C16H12N2O4S/c1-2-22-16(19)11-3-6-14(7-4-11)23-15-8-5-13(18(20)21)9-12(15)10-17/h3-9H,2H2,1H3. The fourth-order valence-corrected chi connectivity index (χ4v) is 2.69. The average Bonchev–Trinajstić information content (AvgIpc) is 2.56. The molecule has 0 aliphatic heterocycles. The summed E-state index contributed by atoms with van der Waals surface area (Å²) in [4.78, 5) is 23.2. The number of nitro groups is 1. The molecule has 0 atom stereocenters. The number of esters is 1. The van der Waals surface area contributed by atoms with E-state index in [1.165, 1.54) is 23.9 Å². The maximum Gasteiger partial charge on any atom is 0.338 e. The highest BCUT2D eigenvalue weighted by atomic mass is 32.2. The van der Waals surface area contributed by atoms with Crippen molar-refractivity contribution in [3.8, 4) is 6.07 Å². The van der Waals surface area contributed by atoms with Crippen LogP contribution in [0.1, 0.15) is 22.8 Å². The predicted octanol–water partition coefficient (Wildman–Crippen LogP) is 3.79. The number of hydrogen-bond donors (Lipinski definition) is 0. The Labute approximate surface area is 136 Å². The zero-order valence-electron chi connectivity index (χ0n) is 12.2. The van der Waals surface area contributed by atoms with Crippen LogP contribution in [-0.4, -0.2) is 17.5 Å². The third kappa shape index (κ3) is 4.08. The second-order valence-corrected chi connectivity index (χ2v) is 5.51. The third-order valence-electron chi connectivity index (χ3n) is 2.89. The Balaban J connectivity index is 2.21. The second kappa shape index (κ2) is 7.42. The van der Waals surface area contributed by atoms with E-state index in [9.17, 15) is 14.9 Å². The van der Waals surface area contributed by atoms with Crippen molar-refractivity contribution in [3.63, 3.8) is 0 Å². The summed E-state index contributed by atoms with van der Waals surface area (Å²) in [5.74, 6) is -0.392. The number of nitriles is 1. The van der Waals surface area contributed by atoms with Gasteiger partial charge in [-0.3, -0.25) is 10.1 Å². The molecule has 0 amide bonds. The van der Waals surface area contributed by atoms with Crippen LogP contribution in [0.15, 0.2) is 52.3 Å². The normalized spacial score (nSPS) is 9.91. The number of hydrogen-bond acceptors (Lipinski definition) is 6. The minimum Gasteiger partial charge on any atom is -0.462 e. The van der Waals surface area contributed by atoms with Crippen LogP contribution in [-0.2, 0) is 4.74 Å². The van der Waals surface area contributed by atoms with Crippen LogP contribution >= 0.6 is 11.8 Å². The van der Waals surface area contributed by atoms with Crippen LogP contribution in [0.4, 0.5) is 5.69 Å². The molecule has 7 heteroatoms. The molecule has 2 rings (SSSR count). The summed E-state index contributed by atoms with van der Waals surface area (Å²) in [5, 5.41) is 19.9. The van der Waals surface area contributed by atoms with Gasteiger partial charge in [0.15, 0.2) is 0 Å². The lowest BCUT2D eigenvalue weighted by atomic mass is 10.2. The summed E-state index contributed by atoms with van der Waals surface area (Å²) >= 11 is 1.30. The molecule has 0 aliphatic rings. The molecule has 0 aliphatic carbocycles. The van der Waals surface area contributed by atoms with Gasteiger partial charge in [0.05, 0.1) is 22.7 Å². The number of carbonyl (C=O) groups is 1. The molecule has 0 heterocycles. The van der Waals surface area contributed by atoms with Crippen LogP contribution in [0, 0.1) is 21.4 Å². The Morgan fingerprint density at radius 3 is 2.57 bits per heavy atom. The Morgan fingerprint density at radius 2 is 2.00 bits per heavy atom. The number of carbonyl (C=O) groups excluding carboxylic acids is 1. The third-order valence-corrected chi connectivity index (χ3v) is 3.97. The summed E-state index contributed by atoms with van der Waals surface area (Å²) in [6, 6.07) is 12.8. The maximum atomic E-state index is 11.6. The van der Waals surface area contributed by atoms with Gasteiger partial charge in [-0.25, -0.2) is 4.79 Å². The zero-order valence-corrected chi connectivity index (χ0v) is 13.0. The zero-order chi connectivity index (χ0) is 16.8. The van der Waals surface area contributed by atoms with Gasteiger partial charge in [0, 0.05) is 21.9 Å². The quantitative estimate of drug-likeness (QED) is 0.471. The molecular formula is C16H12N2O4S. The van der Waals surface area contributed by atoms with E-state index in [4.69, 9.17) is 10.00 Å². The first-order valence-corrected chi connectivity index (χ1v) is 7.50. The minimum absolute atomic E-state index is 0.122. The monoisotopic (exact) mass is 328 g/mol. The molecule has 0 spiro atoms. The molecule has 0 aromatic heterocycles. The molecule has 0 radical (unpaired) electrons. The molecule has 23 heavy (non-hydrogen) atoms. The molecule has 116 valence electrons. The van der Waals surface area contributed by atoms with E-state index in [0.29, 0.717) is 17.1 Å². The highest BCUT2D eigenvalue weighted by Gasteiger charge is 2.12. The van der Waals surface area contributed by atoms with Crippen molar-refractivity contribution in [3.05, 3.63) is 63.7 Å². The van der Waals surface area contributed by atoms with E-state index in [-0.39, 0.29) is 11.3 Å². The lowest BCUT2D eigenvalue weighted by molar-refractivity contribution is -0.384. The second-order valence-electron chi connectivity index (χ2n) is 4.40. The van der Waals surface area contributed by atoms with Crippen molar-refractivity contribution in [2.45, 2.75) is 16.7 Å². The number of non-ortho nitro benzene ring substituents is 1. The number of rotatable bonds is 5. The first kappa shape index (κ1) is 16.5. The largest absolute Gasteiger partial charge is 0.462 e. The fraction of sp³-hybridized carbons (Fsp3) is 0.125. The van der Waals surface area contributed by atoms with Crippen molar-refractivity contribution in [2.24, 2.45) is 0 Å². The number of ether oxygens (including phenoxy) is 1. The van der Waals surface area contributed by atoms with Gasteiger partial charge in [-0.2, -0.15) is 5.26 Å². The van der Waals surface area contributed by atoms with Crippen LogP contribution in [0.2, 0.25) is 0 Å². The number of benzene rings is 2. The Bertz CT molecular complexity index is 782. The molecular weight excluding hydrogens is 316 g/mol. The van der Waals surface area contributed by atoms with Crippen molar-refractivity contribution < 1.29 is 14.5 Å². The Hall–Kier alpha value is -2.85. The molecule has 2 aromatic rings. The van der Waals surface area contributed by atoms with Gasteiger partial charge in [0.25, 0.3) is 5.69 Å². The van der Waals surface area contributed by atoms with Crippen LogP contribution in [0.25, 0.3) is 0 Å². The van der Waals surface area contributed by atoms with E-state index in [1.807, 2.05) is 6.07 Å². The average molecular weight is 328 g/mol. The van der Waals surface area contributed by atoms with Crippen molar-refractivity contribution in [1.82, 2.24) is 0 Å². The number of nitrogens with zero attached hydrogens (tertiary/aromatic N) is 2. The highest BCUT2D eigenvalue weighted by Crippen LogP contribution is 2.32. The van der Waals surface area contributed by atoms with Gasteiger partial charge >= 0.3 is 5.97 Å². The fourth-order valence-electron chi connectivity index (χ4n) is 1.81. The van der Waals surface area contributed by atoms with Gasteiger partial charge in [-0.05, 0) is 37.3 Å². The topological polar surface area (TPSA) is 93.2 Å². The lowest BCUT2D eigenvalue weighted by Crippen LogP contribution is -2.03.